The minimum atomic E-state index is -0.405. The molecule has 4 atom stereocenters. The van der Waals surface area contributed by atoms with E-state index >= 15 is 0 Å². The van der Waals surface area contributed by atoms with Crippen LogP contribution >= 0.6 is 23.5 Å². The Hall–Kier alpha value is -0.760. The minimum Gasteiger partial charge on any atom is -0.390 e. The SMILES string of the molecule is O=[N+]([O-])c1ccc(S[C@H]2SC[C@@H]3C[C@H](O)[C@H]2O3)cc1. The summed E-state index contributed by atoms with van der Waals surface area (Å²) >= 11 is 3.40. The van der Waals surface area contributed by atoms with Gasteiger partial charge in [-0.05, 0) is 12.1 Å². The number of thioether (sulfide) groups is 2. The molecule has 1 N–H and O–H groups in total. The predicted molar refractivity (Wildman–Crippen MR) is 74.5 cm³/mol. The molecule has 0 aliphatic carbocycles. The second-order valence-corrected chi connectivity index (χ2v) is 7.28. The van der Waals surface area contributed by atoms with E-state index in [2.05, 4.69) is 0 Å². The fraction of sp³-hybridized carbons (Fsp3) is 0.500. The second kappa shape index (κ2) is 5.32. The third-order valence-electron chi connectivity index (χ3n) is 3.25. The molecule has 2 bridgehead atoms. The van der Waals surface area contributed by atoms with E-state index in [1.54, 1.807) is 35.7 Å². The molecule has 0 saturated carbocycles. The molecule has 0 radical (unpaired) electrons. The van der Waals surface area contributed by atoms with Crippen LogP contribution in [0, 0.1) is 10.1 Å². The van der Waals surface area contributed by atoms with Gasteiger partial charge in [0.15, 0.2) is 0 Å². The maximum Gasteiger partial charge on any atom is 0.269 e. The van der Waals surface area contributed by atoms with E-state index in [4.69, 9.17) is 4.74 Å². The van der Waals surface area contributed by atoms with Crippen LogP contribution in [0.4, 0.5) is 5.69 Å². The van der Waals surface area contributed by atoms with Crippen molar-refractivity contribution in [2.24, 2.45) is 0 Å². The van der Waals surface area contributed by atoms with Crippen LogP contribution in [-0.2, 0) is 4.74 Å². The summed E-state index contributed by atoms with van der Waals surface area (Å²) in [5.74, 6) is 0.901. The molecule has 3 rings (SSSR count). The van der Waals surface area contributed by atoms with Gasteiger partial charge in [-0.15, -0.1) is 23.5 Å². The normalized spacial score (nSPS) is 33.3. The Morgan fingerprint density at radius 1 is 1.42 bits per heavy atom. The molecular weight excluding hydrogens is 286 g/mol. The van der Waals surface area contributed by atoms with Gasteiger partial charge >= 0.3 is 0 Å². The quantitative estimate of drug-likeness (QED) is 0.682. The van der Waals surface area contributed by atoms with Crippen LogP contribution in [0.15, 0.2) is 29.2 Å². The van der Waals surface area contributed by atoms with Crippen molar-refractivity contribution in [3.8, 4) is 0 Å². The van der Waals surface area contributed by atoms with E-state index in [0.29, 0.717) is 0 Å². The van der Waals surface area contributed by atoms with Gasteiger partial charge in [0.1, 0.15) is 6.10 Å². The van der Waals surface area contributed by atoms with Crippen molar-refractivity contribution in [2.75, 3.05) is 5.75 Å². The zero-order valence-electron chi connectivity index (χ0n) is 9.97. The highest BCUT2D eigenvalue weighted by Gasteiger charge is 2.44. The molecule has 0 spiro atoms. The molecule has 1 aromatic rings. The number of benzene rings is 1. The average Bonchev–Trinajstić information content (AvgIpc) is 2.70. The predicted octanol–water partition coefficient (Wildman–Crippen LogP) is 2.28. The lowest BCUT2D eigenvalue weighted by atomic mass is 10.2. The summed E-state index contributed by atoms with van der Waals surface area (Å²) in [6, 6.07) is 6.50. The number of non-ortho nitro benzene ring substituents is 1. The third kappa shape index (κ3) is 2.74. The molecule has 2 heterocycles. The summed E-state index contributed by atoms with van der Waals surface area (Å²) < 4.78 is 5.90. The van der Waals surface area contributed by atoms with Gasteiger partial charge in [0.05, 0.1) is 21.7 Å². The van der Waals surface area contributed by atoms with Crippen LogP contribution in [0.2, 0.25) is 0 Å². The fourth-order valence-corrected chi connectivity index (χ4v) is 5.14. The summed E-state index contributed by atoms with van der Waals surface area (Å²) in [6.45, 7) is 0. The molecule has 0 amide bonds. The lowest BCUT2D eigenvalue weighted by molar-refractivity contribution is -0.384. The van der Waals surface area contributed by atoms with E-state index in [-0.39, 0.29) is 22.5 Å². The average molecular weight is 299 g/mol. The van der Waals surface area contributed by atoms with Crippen molar-refractivity contribution in [3.63, 3.8) is 0 Å². The monoisotopic (exact) mass is 299 g/mol. The molecule has 1 aromatic carbocycles. The minimum absolute atomic E-state index is 0.0952. The van der Waals surface area contributed by atoms with E-state index in [0.717, 1.165) is 17.1 Å². The Labute approximate surface area is 118 Å². The fourth-order valence-electron chi connectivity index (χ4n) is 2.30. The number of hydrogen-bond acceptors (Lipinski definition) is 6. The first-order valence-corrected chi connectivity index (χ1v) is 7.92. The molecular formula is C12H13NO4S2. The Morgan fingerprint density at radius 2 is 2.16 bits per heavy atom. The Kier molecular flexibility index (Phi) is 3.70. The van der Waals surface area contributed by atoms with Gasteiger partial charge in [0.2, 0.25) is 0 Å². The molecule has 19 heavy (non-hydrogen) atoms. The highest BCUT2D eigenvalue weighted by molar-refractivity contribution is 8.17. The number of rotatable bonds is 3. The Bertz CT molecular complexity index is 481. The molecule has 0 aromatic heterocycles. The van der Waals surface area contributed by atoms with Crippen LogP contribution in [0.3, 0.4) is 0 Å². The molecule has 2 aliphatic rings. The smallest absolute Gasteiger partial charge is 0.269 e. The summed E-state index contributed by atoms with van der Waals surface area (Å²) in [5, 5.41) is 20.5. The number of aliphatic hydroxyl groups is 1. The summed E-state index contributed by atoms with van der Waals surface area (Å²) in [4.78, 5) is 11.1. The second-order valence-electron chi connectivity index (χ2n) is 4.60. The highest BCUT2D eigenvalue weighted by Crippen LogP contribution is 2.44. The van der Waals surface area contributed by atoms with E-state index in [1.165, 1.54) is 12.1 Å². The Balaban J connectivity index is 1.69. The van der Waals surface area contributed by atoms with Gasteiger partial charge in [-0.25, -0.2) is 0 Å². The lowest BCUT2D eigenvalue weighted by Gasteiger charge is -2.29. The maximum atomic E-state index is 10.6. The van der Waals surface area contributed by atoms with Crippen LogP contribution in [0.1, 0.15) is 6.42 Å². The highest BCUT2D eigenvalue weighted by atomic mass is 32.2. The first kappa shape index (κ1) is 13.2. The van der Waals surface area contributed by atoms with Gasteiger partial charge in [0.25, 0.3) is 5.69 Å². The number of aliphatic hydroxyl groups excluding tert-OH is 1. The van der Waals surface area contributed by atoms with Crippen molar-refractivity contribution >= 4 is 29.2 Å². The summed E-state index contributed by atoms with van der Waals surface area (Å²) in [5.41, 5.74) is 0.0952. The van der Waals surface area contributed by atoms with E-state index in [1.807, 2.05) is 0 Å². The van der Waals surface area contributed by atoms with Crippen LogP contribution in [0.25, 0.3) is 0 Å². The van der Waals surface area contributed by atoms with Crippen molar-refractivity contribution in [1.29, 1.82) is 0 Å². The van der Waals surface area contributed by atoms with E-state index in [9.17, 15) is 15.2 Å². The molecule has 102 valence electrons. The van der Waals surface area contributed by atoms with Crippen molar-refractivity contribution in [1.82, 2.24) is 0 Å². The molecule has 2 saturated heterocycles. The van der Waals surface area contributed by atoms with Gasteiger partial charge in [-0.2, -0.15) is 0 Å². The zero-order valence-corrected chi connectivity index (χ0v) is 11.6. The third-order valence-corrected chi connectivity index (χ3v) is 6.15. The van der Waals surface area contributed by atoms with Crippen LogP contribution in [0.5, 0.6) is 0 Å². The maximum absolute atomic E-state index is 10.6. The standard InChI is InChI=1S/C12H13NO4S2/c14-10-5-8-6-18-12(11(10)17-8)19-9-3-1-7(2-4-9)13(15)16/h1-4,8,10-12,14H,5-6H2/t8-,10-,11+,12+/m0/s1. The van der Waals surface area contributed by atoms with Gasteiger partial charge < -0.3 is 9.84 Å². The number of hydrogen-bond donors (Lipinski definition) is 1. The molecule has 0 unspecified atom stereocenters. The largest absolute Gasteiger partial charge is 0.390 e. The molecule has 7 heteroatoms. The molecule has 2 fully saturated rings. The van der Waals surface area contributed by atoms with E-state index < -0.39 is 11.0 Å². The van der Waals surface area contributed by atoms with Crippen LogP contribution in [-0.4, -0.2) is 38.7 Å². The molecule has 5 nitrogen and oxygen atoms in total. The van der Waals surface area contributed by atoms with Crippen LogP contribution < -0.4 is 0 Å². The van der Waals surface area contributed by atoms with Crippen molar-refractivity contribution in [2.45, 2.75) is 34.2 Å². The van der Waals surface area contributed by atoms with Gasteiger partial charge in [0, 0.05) is 29.2 Å². The topological polar surface area (TPSA) is 72.6 Å². The van der Waals surface area contributed by atoms with Crippen molar-refractivity contribution in [3.05, 3.63) is 34.4 Å². The first-order chi connectivity index (χ1) is 9.13. The summed E-state index contributed by atoms with van der Waals surface area (Å²) in [6.07, 6.45) is 0.368. The number of nitro benzene ring substituents is 1. The summed E-state index contributed by atoms with van der Waals surface area (Å²) in [7, 11) is 0. The number of fused-ring (bicyclic) bond motifs is 2. The Morgan fingerprint density at radius 3 is 2.84 bits per heavy atom. The van der Waals surface area contributed by atoms with Crippen molar-refractivity contribution < 1.29 is 14.8 Å². The zero-order chi connectivity index (χ0) is 13.4. The van der Waals surface area contributed by atoms with Gasteiger partial charge in [-0.1, -0.05) is 0 Å². The number of ether oxygens (including phenoxy) is 1. The molecule has 2 aliphatic heterocycles. The van der Waals surface area contributed by atoms with Gasteiger partial charge in [-0.3, -0.25) is 10.1 Å². The number of nitro groups is 1. The number of nitrogens with zero attached hydrogens (tertiary/aromatic N) is 1. The first-order valence-electron chi connectivity index (χ1n) is 6.00. The lowest BCUT2D eigenvalue weighted by Crippen LogP contribution is -2.33.